The first-order valence-electron chi connectivity index (χ1n) is 8.07. The zero-order valence-electron chi connectivity index (χ0n) is 14.3. The second-order valence-corrected chi connectivity index (χ2v) is 5.90. The van der Waals surface area contributed by atoms with Gasteiger partial charge in [-0.3, -0.25) is 4.79 Å². The fourth-order valence-corrected chi connectivity index (χ4v) is 2.58. The number of carbonyl (C=O) groups is 1. The molecule has 1 N–H and O–H groups in total. The summed E-state index contributed by atoms with van der Waals surface area (Å²) in [7, 11) is 0. The molecule has 24 heavy (non-hydrogen) atoms. The highest BCUT2D eigenvalue weighted by atomic mass is 35.5. The molecule has 0 bridgehead atoms. The highest BCUT2D eigenvalue weighted by molar-refractivity contribution is 6.32. The largest absolute Gasteiger partial charge is 0.482 e. The summed E-state index contributed by atoms with van der Waals surface area (Å²) >= 11 is 6.05. The van der Waals surface area contributed by atoms with E-state index in [2.05, 4.69) is 24.1 Å². The van der Waals surface area contributed by atoms with Gasteiger partial charge in [-0.05, 0) is 62.7 Å². The summed E-state index contributed by atoms with van der Waals surface area (Å²) < 4.78 is 5.50. The molecule has 0 fully saturated rings. The summed E-state index contributed by atoms with van der Waals surface area (Å²) in [4.78, 5) is 14.3. The molecule has 1 amide bonds. The van der Waals surface area contributed by atoms with Crippen molar-refractivity contribution >= 4 is 28.9 Å². The Bertz CT molecular complexity index is 682. The fourth-order valence-electron chi connectivity index (χ4n) is 2.41. The normalized spacial score (nSPS) is 10.3. The number of aryl methyl sites for hydroxylation is 1. The van der Waals surface area contributed by atoms with Crippen LogP contribution in [0.3, 0.4) is 0 Å². The van der Waals surface area contributed by atoms with Gasteiger partial charge in [0.25, 0.3) is 5.91 Å². The first kappa shape index (κ1) is 18.1. The number of benzene rings is 2. The van der Waals surface area contributed by atoms with Crippen molar-refractivity contribution in [3.05, 3.63) is 53.1 Å². The van der Waals surface area contributed by atoms with Crippen molar-refractivity contribution < 1.29 is 9.53 Å². The fraction of sp³-hybridized carbons (Fsp3) is 0.316. The number of hydrogen-bond donors (Lipinski definition) is 1. The summed E-state index contributed by atoms with van der Waals surface area (Å²) in [5, 5.41) is 3.32. The Morgan fingerprint density at radius 1 is 1.12 bits per heavy atom. The molecule has 2 rings (SSSR count). The standard InChI is InChI=1S/C19H23ClN2O2/c1-4-22(5-2)16-9-7-15(8-10-16)21-19(23)13-24-18-12-14(3)6-11-17(18)20/h6-12H,4-5,13H2,1-3H3,(H,21,23). The number of ether oxygens (including phenoxy) is 1. The van der Waals surface area contributed by atoms with Crippen molar-refractivity contribution in [3.63, 3.8) is 0 Å². The maximum atomic E-state index is 12.0. The molecule has 5 heteroatoms. The summed E-state index contributed by atoms with van der Waals surface area (Å²) in [5.74, 6) is 0.298. The number of nitrogens with one attached hydrogen (secondary N) is 1. The molecule has 0 radical (unpaired) electrons. The molecular weight excluding hydrogens is 324 g/mol. The van der Waals surface area contributed by atoms with E-state index in [1.807, 2.05) is 43.3 Å². The molecule has 2 aromatic carbocycles. The van der Waals surface area contributed by atoms with Crippen molar-refractivity contribution in [1.29, 1.82) is 0 Å². The van der Waals surface area contributed by atoms with Crippen LogP contribution in [0, 0.1) is 6.92 Å². The summed E-state index contributed by atoms with van der Waals surface area (Å²) in [6.07, 6.45) is 0. The van der Waals surface area contributed by atoms with Gasteiger partial charge in [0.2, 0.25) is 0 Å². The van der Waals surface area contributed by atoms with Crippen molar-refractivity contribution in [2.24, 2.45) is 0 Å². The van der Waals surface area contributed by atoms with Crippen LogP contribution in [-0.2, 0) is 4.79 Å². The molecule has 0 atom stereocenters. The van der Waals surface area contributed by atoms with Crippen LogP contribution in [0.5, 0.6) is 5.75 Å². The second-order valence-electron chi connectivity index (χ2n) is 5.49. The minimum absolute atomic E-state index is 0.0824. The molecule has 0 unspecified atom stereocenters. The van der Waals surface area contributed by atoms with Gasteiger partial charge >= 0.3 is 0 Å². The lowest BCUT2D eigenvalue weighted by atomic mass is 10.2. The van der Waals surface area contributed by atoms with E-state index in [1.165, 1.54) is 0 Å². The SMILES string of the molecule is CCN(CC)c1ccc(NC(=O)COc2cc(C)ccc2Cl)cc1. The lowest BCUT2D eigenvalue weighted by Gasteiger charge is -2.21. The smallest absolute Gasteiger partial charge is 0.262 e. The topological polar surface area (TPSA) is 41.6 Å². The van der Waals surface area contributed by atoms with Gasteiger partial charge in [0.15, 0.2) is 6.61 Å². The Hall–Kier alpha value is -2.20. The molecule has 0 heterocycles. The molecule has 0 aliphatic carbocycles. The number of carbonyl (C=O) groups excluding carboxylic acids is 1. The number of hydrogen-bond acceptors (Lipinski definition) is 3. The van der Waals surface area contributed by atoms with E-state index in [-0.39, 0.29) is 12.5 Å². The second kappa shape index (κ2) is 8.60. The lowest BCUT2D eigenvalue weighted by molar-refractivity contribution is -0.118. The molecule has 4 nitrogen and oxygen atoms in total. The van der Waals surface area contributed by atoms with Crippen molar-refractivity contribution in [1.82, 2.24) is 0 Å². The zero-order chi connectivity index (χ0) is 17.5. The molecule has 0 aromatic heterocycles. The van der Waals surface area contributed by atoms with Crippen LogP contribution in [0.4, 0.5) is 11.4 Å². The quantitative estimate of drug-likeness (QED) is 0.801. The third-order valence-corrected chi connectivity index (χ3v) is 4.04. The van der Waals surface area contributed by atoms with Gasteiger partial charge in [0.05, 0.1) is 5.02 Å². The maximum absolute atomic E-state index is 12.0. The Morgan fingerprint density at radius 3 is 2.42 bits per heavy atom. The van der Waals surface area contributed by atoms with E-state index in [0.29, 0.717) is 10.8 Å². The lowest BCUT2D eigenvalue weighted by Crippen LogP contribution is -2.22. The summed E-state index contributed by atoms with van der Waals surface area (Å²) in [6.45, 7) is 8.00. The van der Waals surface area contributed by atoms with Gasteiger partial charge in [-0.15, -0.1) is 0 Å². The van der Waals surface area contributed by atoms with Gasteiger partial charge in [0.1, 0.15) is 5.75 Å². The first-order valence-corrected chi connectivity index (χ1v) is 8.45. The van der Waals surface area contributed by atoms with E-state index in [1.54, 1.807) is 6.07 Å². The third kappa shape index (κ3) is 4.90. The van der Waals surface area contributed by atoms with E-state index in [9.17, 15) is 4.79 Å². The predicted molar refractivity (Wildman–Crippen MR) is 100 cm³/mol. The van der Waals surface area contributed by atoms with Crippen LogP contribution in [-0.4, -0.2) is 25.6 Å². The van der Waals surface area contributed by atoms with Crippen LogP contribution in [0.15, 0.2) is 42.5 Å². The molecule has 0 spiro atoms. The molecule has 0 saturated carbocycles. The van der Waals surface area contributed by atoms with Crippen molar-refractivity contribution in [2.45, 2.75) is 20.8 Å². The first-order chi connectivity index (χ1) is 11.5. The monoisotopic (exact) mass is 346 g/mol. The van der Waals surface area contributed by atoms with Gasteiger partial charge < -0.3 is 15.0 Å². The third-order valence-electron chi connectivity index (χ3n) is 3.73. The Labute approximate surface area is 148 Å². The molecular formula is C19H23ClN2O2. The molecule has 128 valence electrons. The van der Waals surface area contributed by atoms with E-state index in [4.69, 9.17) is 16.3 Å². The minimum atomic E-state index is -0.219. The van der Waals surface area contributed by atoms with Gasteiger partial charge in [-0.25, -0.2) is 0 Å². The van der Waals surface area contributed by atoms with Crippen LogP contribution >= 0.6 is 11.6 Å². The average Bonchev–Trinajstić information content (AvgIpc) is 2.58. The average molecular weight is 347 g/mol. The molecule has 0 saturated heterocycles. The van der Waals surface area contributed by atoms with Crippen molar-refractivity contribution in [3.8, 4) is 5.75 Å². The van der Waals surface area contributed by atoms with Crippen LogP contribution in [0.2, 0.25) is 5.02 Å². The van der Waals surface area contributed by atoms with Gasteiger partial charge in [0, 0.05) is 24.5 Å². The minimum Gasteiger partial charge on any atom is -0.482 e. The van der Waals surface area contributed by atoms with Gasteiger partial charge in [-0.2, -0.15) is 0 Å². The van der Waals surface area contributed by atoms with E-state index < -0.39 is 0 Å². The van der Waals surface area contributed by atoms with Gasteiger partial charge in [-0.1, -0.05) is 17.7 Å². The number of amides is 1. The van der Waals surface area contributed by atoms with Crippen LogP contribution < -0.4 is 15.0 Å². The number of halogens is 1. The number of rotatable bonds is 7. The van der Waals surface area contributed by atoms with Crippen LogP contribution in [0.25, 0.3) is 0 Å². The molecule has 0 aliphatic heterocycles. The highest BCUT2D eigenvalue weighted by Gasteiger charge is 2.07. The maximum Gasteiger partial charge on any atom is 0.262 e. The van der Waals surface area contributed by atoms with Crippen molar-refractivity contribution in [2.75, 3.05) is 29.9 Å². The Kier molecular flexibility index (Phi) is 6.50. The van der Waals surface area contributed by atoms with E-state index >= 15 is 0 Å². The highest BCUT2D eigenvalue weighted by Crippen LogP contribution is 2.25. The van der Waals surface area contributed by atoms with E-state index in [0.717, 1.165) is 30.0 Å². The summed E-state index contributed by atoms with van der Waals surface area (Å²) in [6, 6.07) is 13.3. The predicted octanol–water partition coefficient (Wildman–Crippen LogP) is 4.51. The summed E-state index contributed by atoms with van der Waals surface area (Å²) in [5.41, 5.74) is 2.91. The molecule has 2 aromatic rings. The Morgan fingerprint density at radius 2 is 1.79 bits per heavy atom. The number of anilines is 2. The molecule has 0 aliphatic rings. The number of nitrogens with zero attached hydrogens (tertiary/aromatic N) is 1. The Balaban J connectivity index is 1.91. The van der Waals surface area contributed by atoms with Crippen LogP contribution in [0.1, 0.15) is 19.4 Å². The zero-order valence-corrected chi connectivity index (χ0v) is 15.1.